The summed E-state index contributed by atoms with van der Waals surface area (Å²) in [4.78, 5) is 18.5. The van der Waals surface area contributed by atoms with E-state index in [-0.39, 0.29) is 24.8 Å². The van der Waals surface area contributed by atoms with Crippen molar-refractivity contribution in [1.29, 1.82) is 0 Å². The van der Waals surface area contributed by atoms with E-state index in [0.29, 0.717) is 10.2 Å². The van der Waals surface area contributed by atoms with E-state index in [9.17, 15) is 4.79 Å². The summed E-state index contributed by atoms with van der Waals surface area (Å²) in [6.45, 7) is 0.290. The Morgan fingerprint density at radius 2 is 2.04 bits per heavy atom. The van der Waals surface area contributed by atoms with E-state index in [2.05, 4.69) is 11.1 Å². The Morgan fingerprint density at radius 3 is 2.81 bits per heavy atom. The molecular weight excluding hydrogens is 371 g/mol. The fourth-order valence-corrected chi connectivity index (χ4v) is 4.15. The van der Waals surface area contributed by atoms with Gasteiger partial charge in [-0.25, -0.2) is 9.78 Å². The highest BCUT2D eigenvalue weighted by Crippen LogP contribution is 2.40. The molecule has 4 rings (SSSR count). The number of ether oxygens (including phenoxy) is 1. The minimum Gasteiger partial charge on any atom is -0.445 e. The first-order valence-electron chi connectivity index (χ1n) is 8.63. The van der Waals surface area contributed by atoms with Crippen LogP contribution < -0.4 is 0 Å². The first-order valence-corrected chi connectivity index (χ1v) is 9.38. The maximum atomic E-state index is 12.6. The van der Waals surface area contributed by atoms with Crippen LogP contribution >= 0.6 is 23.2 Å². The van der Waals surface area contributed by atoms with Crippen LogP contribution in [0.3, 0.4) is 0 Å². The lowest BCUT2D eigenvalue weighted by Gasteiger charge is -2.33. The first-order chi connectivity index (χ1) is 12.6. The largest absolute Gasteiger partial charge is 0.445 e. The van der Waals surface area contributed by atoms with Gasteiger partial charge in [-0.05, 0) is 36.5 Å². The van der Waals surface area contributed by atoms with Crippen molar-refractivity contribution in [2.24, 2.45) is 0 Å². The van der Waals surface area contributed by atoms with E-state index in [0.717, 1.165) is 36.0 Å². The number of carbonyl (C=O) groups excluding carboxylic acids is 1. The minimum atomic E-state index is -0.254. The third kappa shape index (κ3) is 3.44. The molecule has 2 aliphatic rings. The summed E-state index contributed by atoms with van der Waals surface area (Å²) in [7, 11) is 0. The van der Waals surface area contributed by atoms with E-state index in [4.69, 9.17) is 27.9 Å². The number of halogens is 2. The predicted octanol–water partition coefficient (Wildman–Crippen LogP) is 5.35. The van der Waals surface area contributed by atoms with Crippen molar-refractivity contribution in [3.63, 3.8) is 0 Å². The summed E-state index contributed by atoms with van der Waals surface area (Å²) in [5.74, 6) is 0. The Bertz CT molecular complexity index is 854. The Morgan fingerprint density at radius 1 is 1.23 bits per heavy atom. The van der Waals surface area contributed by atoms with Crippen molar-refractivity contribution in [2.75, 3.05) is 0 Å². The van der Waals surface area contributed by atoms with Crippen LogP contribution in [0.5, 0.6) is 0 Å². The smallest absolute Gasteiger partial charge is 0.410 e. The van der Waals surface area contributed by atoms with Crippen molar-refractivity contribution in [1.82, 2.24) is 9.88 Å². The van der Waals surface area contributed by atoms with Gasteiger partial charge in [0, 0.05) is 17.8 Å². The van der Waals surface area contributed by atoms with Gasteiger partial charge < -0.3 is 4.74 Å². The standard InChI is InChI=1S/C20H18Cl2N2O2/c21-18-11-23-19(22)10-17(18)14-8-15-6-7-16(9-14)24(15)20(25)26-12-13-4-2-1-3-5-13/h1-5,8,10-11,15-16H,6-7,9,12H2. The average molecular weight is 389 g/mol. The van der Waals surface area contributed by atoms with Crippen molar-refractivity contribution in [3.05, 3.63) is 70.0 Å². The molecule has 2 bridgehead atoms. The van der Waals surface area contributed by atoms with Gasteiger partial charge in [-0.1, -0.05) is 59.6 Å². The molecule has 0 radical (unpaired) electrons. The van der Waals surface area contributed by atoms with Crippen LogP contribution in [0.1, 0.15) is 30.4 Å². The molecule has 1 aromatic heterocycles. The number of amides is 1. The second-order valence-corrected chi connectivity index (χ2v) is 7.42. The lowest BCUT2D eigenvalue weighted by Crippen LogP contribution is -2.43. The molecule has 134 valence electrons. The van der Waals surface area contributed by atoms with Gasteiger partial charge in [0.1, 0.15) is 11.8 Å². The van der Waals surface area contributed by atoms with Crippen LogP contribution in [0.25, 0.3) is 5.57 Å². The molecule has 3 heterocycles. The third-order valence-electron chi connectivity index (χ3n) is 4.98. The van der Waals surface area contributed by atoms with Crippen LogP contribution in [0.4, 0.5) is 4.79 Å². The summed E-state index contributed by atoms with van der Waals surface area (Å²) in [6.07, 6.45) is 6.08. The lowest BCUT2D eigenvalue weighted by molar-refractivity contribution is 0.0832. The lowest BCUT2D eigenvalue weighted by atomic mass is 9.95. The molecule has 6 heteroatoms. The Labute approximate surface area is 162 Å². The third-order valence-corrected chi connectivity index (χ3v) is 5.49. The second-order valence-electron chi connectivity index (χ2n) is 6.63. The van der Waals surface area contributed by atoms with Gasteiger partial charge in [-0.2, -0.15) is 0 Å². The molecule has 26 heavy (non-hydrogen) atoms. The SMILES string of the molecule is O=C(OCc1ccccc1)N1C2C=C(c3cc(Cl)ncc3Cl)CC1CC2. The van der Waals surface area contributed by atoms with Gasteiger partial charge >= 0.3 is 6.09 Å². The number of carbonyl (C=O) groups is 1. The minimum absolute atomic E-state index is 0.0371. The van der Waals surface area contributed by atoms with Crippen molar-refractivity contribution in [2.45, 2.75) is 38.0 Å². The molecule has 0 aliphatic carbocycles. The molecule has 1 aromatic carbocycles. The summed E-state index contributed by atoms with van der Waals surface area (Å²) in [6, 6.07) is 11.7. The summed E-state index contributed by atoms with van der Waals surface area (Å²) >= 11 is 12.3. The molecule has 0 saturated carbocycles. The molecule has 4 nitrogen and oxygen atoms in total. The predicted molar refractivity (Wildman–Crippen MR) is 102 cm³/mol. The number of fused-ring (bicyclic) bond motifs is 2. The molecule has 2 atom stereocenters. The molecule has 1 saturated heterocycles. The molecule has 0 N–H and O–H groups in total. The molecule has 0 spiro atoms. The molecule has 2 aliphatic heterocycles. The van der Waals surface area contributed by atoms with Crippen molar-refractivity contribution < 1.29 is 9.53 Å². The quantitative estimate of drug-likeness (QED) is 0.665. The zero-order chi connectivity index (χ0) is 18.1. The van der Waals surface area contributed by atoms with E-state index in [1.54, 1.807) is 12.3 Å². The van der Waals surface area contributed by atoms with Gasteiger partial charge in [0.2, 0.25) is 0 Å². The molecule has 1 amide bonds. The van der Waals surface area contributed by atoms with Gasteiger partial charge in [-0.15, -0.1) is 0 Å². The highest BCUT2D eigenvalue weighted by molar-refractivity contribution is 6.33. The number of hydrogen-bond donors (Lipinski definition) is 0. The fraction of sp³-hybridized carbons (Fsp3) is 0.300. The molecule has 1 fully saturated rings. The van der Waals surface area contributed by atoms with Gasteiger partial charge in [0.05, 0.1) is 11.1 Å². The van der Waals surface area contributed by atoms with Crippen LogP contribution in [0.2, 0.25) is 10.2 Å². The maximum absolute atomic E-state index is 12.6. The van der Waals surface area contributed by atoms with Gasteiger partial charge in [0.25, 0.3) is 0 Å². The second kappa shape index (κ2) is 7.29. The summed E-state index contributed by atoms with van der Waals surface area (Å²) in [5.41, 5.74) is 3.01. The Kier molecular flexibility index (Phi) is 4.88. The number of aromatic nitrogens is 1. The fourth-order valence-electron chi connectivity index (χ4n) is 3.77. The highest BCUT2D eigenvalue weighted by atomic mass is 35.5. The first kappa shape index (κ1) is 17.4. The highest BCUT2D eigenvalue weighted by Gasteiger charge is 2.40. The van der Waals surface area contributed by atoms with Crippen LogP contribution in [-0.4, -0.2) is 28.1 Å². The van der Waals surface area contributed by atoms with Crippen LogP contribution in [0, 0.1) is 0 Å². The van der Waals surface area contributed by atoms with E-state index in [1.165, 1.54) is 0 Å². The molecular formula is C20H18Cl2N2O2. The van der Waals surface area contributed by atoms with Crippen molar-refractivity contribution in [3.8, 4) is 0 Å². The number of pyridine rings is 1. The van der Waals surface area contributed by atoms with Crippen molar-refractivity contribution >= 4 is 34.9 Å². The van der Waals surface area contributed by atoms with E-state index in [1.807, 2.05) is 35.2 Å². The summed E-state index contributed by atoms with van der Waals surface area (Å²) < 4.78 is 5.53. The normalized spacial score (nSPS) is 21.5. The topological polar surface area (TPSA) is 42.4 Å². The zero-order valence-electron chi connectivity index (χ0n) is 14.1. The van der Waals surface area contributed by atoms with Gasteiger partial charge in [-0.3, -0.25) is 4.90 Å². The monoisotopic (exact) mass is 388 g/mol. The number of benzene rings is 1. The van der Waals surface area contributed by atoms with Crippen LogP contribution in [0.15, 0.2) is 48.7 Å². The number of nitrogens with zero attached hydrogens (tertiary/aromatic N) is 2. The summed E-state index contributed by atoms with van der Waals surface area (Å²) in [5, 5.41) is 1.00. The molecule has 2 aromatic rings. The van der Waals surface area contributed by atoms with E-state index < -0.39 is 0 Å². The van der Waals surface area contributed by atoms with Crippen LogP contribution in [-0.2, 0) is 11.3 Å². The average Bonchev–Trinajstić information content (AvgIpc) is 2.92. The molecule has 2 unspecified atom stereocenters. The van der Waals surface area contributed by atoms with Gasteiger partial charge in [0.15, 0.2) is 0 Å². The Hall–Kier alpha value is -2.04. The Balaban J connectivity index is 1.50. The number of hydrogen-bond acceptors (Lipinski definition) is 3. The zero-order valence-corrected chi connectivity index (χ0v) is 15.6. The maximum Gasteiger partial charge on any atom is 0.410 e. The van der Waals surface area contributed by atoms with E-state index >= 15 is 0 Å². The number of rotatable bonds is 3.